The number of nitrogens with zero attached hydrogens (tertiary/aromatic N) is 2. The van der Waals surface area contributed by atoms with Crippen molar-refractivity contribution in [2.75, 3.05) is 20.8 Å². The molecule has 3 amide bonds. The number of hydrogen-bond acceptors (Lipinski definition) is 9. The Balaban J connectivity index is 1.42. The van der Waals surface area contributed by atoms with Crippen molar-refractivity contribution in [3.05, 3.63) is 53.8 Å². The Bertz CT molecular complexity index is 1860. The fraction of sp³-hybridized carbons (Fsp3) is 0.553. The normalized spacial score (nSPS) is 27.6. The van der Waals surface area contributed by atoms with Gasteiger partial charge in [0.1, 0.15) is 29.0 Å². The molecule has 5 unspecified atom stereocenters. The van der Waals surface area contributed by atoms with Gasteiger partial charge >= 0.3 is 18.2 Å². The van der Waals surface area contributed by atoms with E-state index in [-0.39, 0.29) is 43.3 Å². The molecule has 2 N–H and O–H groups in total. The Morgan fingerprint density at radius 3 is 2.53 bits per heavy atom. The van der Waals surface area contributed by atoms with Crippen LogP contribution in [0.5, 0.6) is 11.5 Å². The van der Waals surface area contributed by atoms with Gasteiger partial charge in [-0.2, -0.15) is 13.2 Å². The van der Waals surface area contributed by atoms with Gasteiger partial charge < -0.3 is 34.5 Å². The molecule has 286 valence electrons. The van der Waals surface area contributed by atoms with E-state index in [9.17, 15) is 32.3 Å². The number of alkyl halides is 3. The van der Waals surface area contributed by atoms with E-state index in [1.165, 1.54) is 37.3 Å². The van der Waals surface area contributed by atoms with E-state index in [1.54, 1.807) is 32.9 Å². The molecule has 1 aliphatic carbocycles. The minimum Gasteiger partial charge on any atom is -0.497 e. The number of halogens is 3. The highest BCUT2D eigenvalue weighted by molar-refractivity contribution is 5.97. The molecule has 1 saturated heterocycles. The topological polar surface area (TPSA) is 145 Å². The molecule has 12 nitrogen and oxygen atoms in total. The van der Waals surface area contributed by atoms with Crippen molar-refractivity contribution in [1.29, 1.82) is 0 Å². The van der Waals surface area contributed by atoms with Gasteiger partial charge in [0.05, 0.1) is 26.3 Å². The van der Waals surface area contributed by atoms with E-state index in [4.69, 9.17) is 18.9 Å². The number of esters is 1. The Kier molecular flexibility index (Phi) is 10.2. The number of benzene rings is 1. The number of methoxy groups -OCH3 is 2. The molecule has 1 aromatic carbocycles. The van der Waals surface area contributed by atoms with E-state index in [0.717, 1.165) is 6.42 Å². The zero-order valence-electron chi connectivity index (χ0n) is 30.4. The Labute approximate surface area is 305 Å². The highest BCUT2D eigenvalue weighted by atomic mass is 19.4. The first-order chi connectivity index (χ1) is 25.0. The van der Waals surface area contributed by atoms with Crippen molar-refractivity contribution in [3.63, 3.8) is 0 Å². The quantitative estimate of drug-likeness (QED) is 0.305. The summed E-state index contributed by atoms with van der Waals surface area (Å²) in [5.74, 6) is -2.64. The number of rotatable bonds is 3. The summed E-state index contributed by atoms with van der Waals surface area (Å²) in [6.07, 6.45) is 4.32. The van der Waals surface area contributed by atoms with Crippen LogP contribution in [0.15, 0.2) is 42.5 Å². The second kappa shape index (κ2) is 14.2. The fourth-order valence-electron chi connectivity index (χ4n) is 7.65. The van der Waals surface area contributed by atoms with Gasteiger partial charge in [0, 0.05) is 23.3 Å². The number of fused-ring (bicyclic) bond motifs is 5. The maximum atomic E-state index is 14.6. The molecule has 1 fully saturated rings. The summed E-state index contributed by atoms with van der Waals surface area (Å²) in [4.78, 5) is 60.4. The van der Waals surface area contributed by atoms with Crippen molar-refractivity contribution in [2.24, 2.45) is 5.92 Å². The second-order valence-corrected chi connectivity index (χ2v) is 15.1. The molecule has 2 aromatic rings. The number of hydrogen-bond donors (Lipinski definition) is 2. The van der Waals surface area contributed by atoms with E-state index in [2.05, 4.69) is 15.6 Å². The molecule has 0 bridgehead atoms. The van der Waals surface area contributed by atoms with Crippen LogP contribution in [0.2, 0.25) is 0 Å². The highest BCUT2D eigenvalue weighted by Gasteiger charge is 2.57. The van der Waals surface area contributed by atoms with Crippen LogP contribution in [0.4, 0.5) is 18.0 Å². The fourth-order valence-corrected chi connectivity index (χ4v) is 7.65. The van der Waals surface area contributed by atoms with Gasteiger partial charge in [0.15, 0.2) is 17.0 Å². The Morgan fingerprint density at radius 1 is 1.09 bits per heavy atom. The maximum Gasteiger partial charge on any atom is 0.437 e. The van der Waals surface area contributed by atoms with Crippen molar-refractivity contribution < 1.29 is 51.3 Å². The molecule has 6 rings (SSSR count). The number of carbonyl (C=O) groups excluding carboxylic acids is 4. The zero-order valence-corrected chi connectivity index (χ0v) is 30.4. The molecular formula is C38H45F3N4O8. The molecule has 4 aliphatic rings. The molecular weight excluding hydrogens is 697 g/mol. The van der Waals surface area contributed by atoms with Crippen LogP contribution in [-0.4, -0.2) is 83.3 Å². The van der Waals surface area contributed by atoms with Crippen LogP contribution in [0.25, 0.3) is 10.9 Å². The number of aryl methyl sites for hydroxylation is 1. The number of nitrogens with one attached hydrogen (secondary N) is 2. The smallest absolute Gasteiger partial charge is 0.437 e. The lowest BCUT2D eigenvalue weighted by Crippen LogP contribution is -2.64. The SMILES string of the molecule is COC(=O)C12C=CC1C=CCCCCCC(NC(=O)OC(C)(C)C)C(=O)N1CC3(CCc4c(c(C(F)(F)F)nc5ccc(OC)cc45)O3)CC1C(=O)N2. The monoisotopic (exact) mass is 742 g/mol. The van der Waals surface area contributed by atoms with Gasteiger partial charge in [-0.05, 0) is 71.1 Å². The molecule has 15 heteroatoms. The average molecular weight is 743 g/mol. The molecule has 1 spiro atoms. The maximum absolute atomic E-state index is 14.6. The third-order valence-electron chi connectivity index (χ3n) is 10.3. The lowest BCUT2D eigenvalue weighted by molar-refractivity contribution is -0.152. The van der Waals surface area contributed by atoms with Crippen LogP contribution < -0.4 is 20.1 Å². The summed E-state index contributed by atoms with van der Waals surface area (Å²) >= 11 is 0. The predicted molar refractivity (Wildman–Crippen MR) is 186 cm³/mol. The molecule has 53 heavy (non-hydrogen) atoms. The summed E-state index contributed by atoms with van der Waals surface area (Å²) in [6, 6.07) is 2.17. The van der Waals surface area contributed by atoms with Gasteiger partial charge in [-0.25, -0.2) is 14.6 Å². The number of pyridine rings is 1. The van der Waals surface area contributed by atoms with E-state index in [0.29, 0.717) is 30.4 Å². The van der Waals surface area contributed by atoms with Crippen LogP contribution in [0, 0.1) is 5.92 Å². The number of allylic oxidation sites excluding steroid dienone is 1. The molecule has 5 atom stereocenters. The van der Waals surface area contributed by atoms with E-state index >= 15 is 0 Å². The summed E-state index contributed by atoms with van der Waals surface area (Å²) in [5, 5.41) is 5.93. The van der Waals surface area contributed by atoms with Crippen LogP contribution >= 0.6 is 0 Å². The number of ether oxygens (including phenoxy) is 4. The van der Waals surface area contributed by atoms with E-state index in [1.807, 2.05) is 12.2 Å². The number of alkyl carbamates (subject to hydrolysis) is 1. The summed E-state index contributed by atoms with van der Waals surface area (Å²) in [7, 11) is 2.66. The number of aromatic nitrogens is 1. The standard InChI is InChI=1S/C38H45F3N4O8/c1-35(2,3)53-34(49)43-27-12-10-8-6-7-9-11-22-15-18-37(22,33(48)51-5)44-31(46)28-20-36(21-45(28)32(27)47)17-16-24-25-19-23(50-4)13-14-26(25)42-30(29(24)52-36)38(39,40)41/h9,11,13-15,18-19,22,27-28H,6-8,10,12,16-17,20-21H2,1-5H3,(H,43,49)(H,44,46). The third kappa shape index (κ3) is 7.52. The second-order valence-electron chi connectivity index (χ2n) is 15.1. The number of amides is 3. The molecule has 4 heterocycles. The lowest BCUT2D eigenvalue weighted by atomic mass is 9.73. The Hall–Kier alpha value is -4.82. The largest absolute Gasteiger partial charge is 0.497 e. The minimum absolute atomic E-state index is 0.113. The van der Waals surface area contributed by atoms with Crippen molar-refractivity contribution in [2.45, 2.75) is 107 Å². The minimum atomic E-state index is -4.89. The van der Waals surface area contributed by atoms with E-state index < -0.39 is 76.2 Å². The van der Waals surface area contributed by atoms with Crippen LogP contribution in [0.3, 0.4) is 0 Å². The zero-order chi connectivity index (χ0) is 38.3. The summed E-state index contributed by atoms with van der Waals surface area (Å²) < 4.78 is 66.2. The van der Waals surface area contributed by atoms with Gasteiger partial charge in [-0.1, -0.05) is 37.1 Å². The van der Waals surface area contributed by atoms with Gasteiger partial charge in [0.25, 0.3) is 0 Å². The summed E-state index contributed by atoms with van der Waals surface area (Å²) in [6.45, 7) is 4.78. The number of carbonyl (C=O) groups is 4. The van der Waals surface area contributed by atoms with Crippen LogP contribution in [-0.2, 0) is 36.5 Å². The Morgan fingerprint density at radius 2 is 1.87 bits per heavy atom. The average Bonchev–Trinajstić information content (AvgIpc) is 3.46. The molecule has 3 aliphatic heterocycles. The molecule has 1 aromatic heterocycles. The first-order valence-electron chi connectivity index (χ1n) is 17.8. The third-order valence-corrected chi connectivity index (χ3v) is 10.3. The lowest BCUT2D eigenvalue weighted by Gasteiger charge is -2.41. The van der Waals surface area contributed by atoms with Crippen molar-refractivity contribution in [3.8, 4) is 11.5 Å². The highest BCUT2D eigenvalue weighted by Crippen LogP contribution is 2.49. The van der Waals surface area contributed by atoms with Crippen molar-refractivity contribution in [1.82, 2.24) is 20.5 Å². The van der Waals surface area contributed by atoms with Crippen molar-refractivity contribution >= 4 is 34.8 Å². The molecule has 0 radical (unpaired) electrons. The first kappa shape index (κ1) is 37.9. The first-order valence-corrected chi connectivity index (χ1v) is 17.8. The van der Waals surface area contributed by atoms with Crippen LogP contribution in [0.1, 0.15) is 77.0 Å². The van der Waals surface area contributed by atoms with Gasteiger partial charge in [-0.3, -0.25) is 9.59 Å². The molecule has 0 saturated carbocycles. The predicted octanol–water partition coefficient (Wildman–Crippen LogP) is 5.55. The summed E-state index contributed by atoms with van der Waals surface area (Å²) in [5.41, 5.74) is -4.69. The van der Waals surface area contributed by atoms with Gasteiger partial charge in [-0.15, -0.1) is 0 Å². The van der Waals surface area contributed by atoms with Gasteiger partial charge in [0.2, 0.25) is 11.8 Å².